The number of benzene rings is 1. The van der Waals surface area contributed by atoms with E-state index in [0.29, 0.717) is 19.6 Å². The van der Waals surface area contributed by atoms with Crippen LogP contribution in [-0.2, 0) is 25.4 Å². The zero-order valence-electron chi connectivity index (χ0n) is 22.0. The summed E-state index contributed by atoms with van der Waals surface area (Å²) in [6.45, 7) is 6.78. The van der Waals surface area contributed by atoms with Crippen molar-refractivity contribution in [1.82, 2.24) is 9.78 Å². The molecule has 6 atom stereocenters. The molecule has 1 unspecified atom stereocenters. The van der Waals surface area contributed by atoms with Crippen molar-refractivity contribution in [2.45, 2.75) is 76.5 Å². The highest BCUT2D eigenvalue weighted by atomic mass is 16.7. The number of carbonyl (C=O) groups excluding carboxylic acids is 1. The second-order valence-corrected chi connectivity index (χ2v) is 9.73. The van der Waals surface area contributed by atoms with Gasteiger partial charge in [-0.25, -0.2) is 4.79 Å². The summed E-state index contributed by atoms with van der Waals surface area (Å²) in [6, 6.07) is 7.78. The van der Waals surface area contributed by atoms with Gasteiger partial charge in [-0.15, -0.1) is 5.10 Å². The van der Waals surface area contributed by atoms with Gasteiger partial charge in [0.05, 0.1) is 20.3 Å². The van der Waals surface area contributed by atoms with Gasteiger partial charge in [0.1, 0.15) is 42.9 Å². The lowest BCUT2D eigenvalue weighted by molar-refractivity contribution is -0.278. The number of nitrogens with zero attached hydrogens (tertiary/aromatic N) is 2. The quantitative estimate of drug-likeness (QED) is 0.400. The molecule has 2 aliphatic rings. The summed E-state index contributed by atoms with van der Waals surface area (Å²) >= 11 is 0. The van der Waals surface area contributed by atoms with E-state index in [4.69, 9.17) is 23.7 Å². The van der Waals surface area contributed by atoms with Gasteiger partial charge in [0, 0.05) is 30.1 Å². The van der Waals surface area contributed by atoms with E-state index in [1.165, 1.54) is 0 Å². The lowest BCUT2D eigenvalue weighted by atomic mass is 9.99. The molecule has 0 saturated carbocycles. The van der Waals surface area contributed by atoms with E-state index in [1.54, 1.807) is 4.68 Å². The van der Waals surface area contributed by atoms with Crippen LogP contribution in [-0.4, -0.2) is 95.0 Å². The number of aromatic nitrogens is 2. The van der Waals surface area contributed by atoms with Crippen LogP contribution < -0.4 is 9.47 Å². The molecule has 0 amide bonds. The first-order chi connectivity index (χ1) is 18.2. The van der Waals surface area contributed by atoms with Gasteiger partial charge in [0.25, 0.3) is 0 Å². The Balaban J connectivity index is 1.52. The van der Waals surface area contributed by atoms with Crippen LogP contribution in [0.25, 0.3) is 0 Å². The molecular formula is C26H36N2O10. The monoisotopic (exact) mass is 536 g/mol. The maximum Gasteiger partial charge on any atom is 0.508 e. The lowest BCUT2D eigenvalue weighted by Gasteiger charge is -2.39. The Morgan fingerprint density at radius 1 is 1.13 bits per heavy atom. The largest absolute Gasteiger partial charge is 0.508 e. The summed E-state index contributed by atoms with van der Waals surface area (Å²) in [7, 11) is 1.14. The predicted octanol–water partition coefficient (Wildman–Crippen LogP) is 1.50. The molecule has 0 spiro atoms. The van der Waals surface area contributed by atoms with Crippen LogP contribution in [0.2, 0.25) is 0 Å². The highest BCUT2D eigenvalue weighted by Gasteiger charge is 2.46. The van der Waals surface area contributed by atoms with Gasteiger partial charge in [0.2, 0.25) is 12.2 Å². The Morgan fingerprint density at radius 3 is 2.50 bits per heavy atom. The summed E-state index contributed by atoms with van der Waals surface area (Å²) in [5, 5.41) is 35.9. The minimum atomic E-state index is -1.60. The number of aliphatic hydroxyl groups is 3. The first kappa shape index (κ1) is 28.1. The number of hydrogen-bond donors (Lipinski definition) is 3. The maximum absolute atomic E-state index is 11.4. The van der Waals surface area contributed by atoms with Crippen molar-refractivity contribution in [2.75, 3.05) is 26.9 Å². The molecule has 2 aromatic rings. The molecule has 0 bridgehead atoms. The second kappa shape index (κ2) is 12.3. The minimum Gasteiger partial charge on any atom is -0.488 e. The number of hydrogen-bond acceptors (Lipinski definition) is 11. The Kier molecular flexibility index (Phi) is 9.11. The molecule has 38 heavy (non-hydrogen) atoms. The summed E-state index contributed by atoms with van der Waals surface area (Å²) in [5.41, 5.74) is 2.63. The van der Waals surface area contributed by atoms with Crippen molar-refractivity contribution in [3.63, 3.8) is 0 Å². The molecule has 1 aromatic heterocycles. The molecule has 0 aliphatic carbocycles. The van der Waals surface area contributed by atoms with Crippen LogP contribution >= 0.6 is 0 Å². The van der Waals surface area contributed by atoms with Gasteiger partial charge in [-0.2, -0.15) is 0 Å². The summed E-state index contributed by atoms with van der Waals surface area (Å²) in [5.74, 6) is 0.988. The fraction of sp³-hybridized carbons (Fsp3) is 0.615. The third-order valence-corrected chi connectivity index (χ3v) is 6.65. The molecule has 3 N–H and O–H groups in total. The first-order valence-electron chi connectivity index (χ1n) is 12.7. The van der Waals surface area contributed by atoms with Crippen molar-refractivity contribution < 1.29 is 48.5 Å². The number of rotatable bonds is 9. The van der Waals surface area contributed by atoms with Crippen LogP contribution in [0.15, 0.2) is 24.3 Å². The van der Waals surface area contributed by atoms with E-state index >= 15 is 0 Å². The fourth-order valence-corrected chi connectivity index (χ4v) is 4.49. The fourth-order valence-electron chi connectivity index (χ4n) is 4.49. The number of ether oxygens (including phenoxy) is 6. The molecule has 0 radical (unpaired) electrons. The number of aliphatic hydroxyl groups excluding tert-OH is 3. The molecule has 2 aliphatic heterocycles. The Hall–Kier alpha value is -2.90. The van der Waals surface area contributed by atoms with Gasteiger partial charge in [-0.05, 0) is 38.5 Å². The van der Waals surface area contributed by atoms with Crippen LogP contribution in [0, 0.1) is 6.92 Å². The average Bonchev–Trinajstić information content (AvgIpc) is 3.52. The first-order valence-corrected chi connectivity index (χ1v) is 12.7. The molecular weight excluding hydrogens is 500 g/mol. The van der Waals surface area contributed by atoms with Crippen molar-refractivity contribution in [2.24, 2.45) is 0 Å². The van der Waals surface area contributed by atoms with Crippen LogP contribution in [0.1, 0.15) is 43.1 Å². The van der Waals surface area contributed by atoms with Crippen LogP contribution in [0.3, 0.4) is 0 Å². The van der Waals surface area contributed by atoms with Gasteiger partial charge in [-0.3, -0.25) is 4.68 Å². The minimum absolute atomic E-state index is 0.0290. The zero-order chi connectivity index (χ0) is 27.4. The van der Waals surface area contributed by atoms with E-state index in [1.807, 2.05) is 45.0 Å². The normalized spacial score (nSPS) is 27.4. The Bertz CT molecular complexity index is 1070. The summed E-state index contributed by atoms with van der Waals surface area (Å²) in [6.07, 6.45) is -6.80. The van der Waals surface area contributed by atoms with Gasteiger partial charge in [-0.1, -0.05) is 12.1 Å². The molecule has 4 rings (SSSR count). The third-order valence-electron chi connectivity index (χ3n) is 6.65. The molecule has 3 heterocycles. The van der Waals surface area contributed by atoms with Gasteiger partial charge in [0.15, 0.2) is 0 Å². The predicted molar refractivity (Wildman–Crippen MR) is 132 cm³/mol. The Morgan fingerprint density at radius 2 is 1.87 bits per heavy atom. The molecule has 210 valence electrons. The summed E-state index contributed by atoms with van der Waals surface area (Å²) < 4.78 is 34.1. The third kappa shape index (κ3) is 6.38. The number of methoxy groups -OCH3 is 1. The van der Waals surface area contributed by atoms with E-state index in [2.05, 4.69) is 9.84 Å². The van der Waals surface area contributed by atoms with E-state index in [0.717, 1.165) is 36.1 Å². The van der Waals surface area contributed by atoms with Crippen molar-refractivity contribution in [3.05, 3.63) is 41.1 Å². The average molecular weight is 537 g/mol. The van der Waals surface area contributed by atoms with Crippen molar-refractivity contribution >= 4 is 6.16 Å². The maximum atomic E-state index is 11.4. The van der Waals surface area contributed by atoms with Crippen LogP contribution in [0.4, 0.5) is 4.79 Å². The number of carbonyl (C=O) groups is 1. The van der Waals surface area contributed by atoms with Crippen molar-refractivity contribution in [1.29, 1.82) is 0 Å². The van der Waals surface area contributed by atoms with E-state index < -0.39 is 43.5 Å². The van der Waals surface area contributed by atoms with E-state index in [9.17, 15) is 20.1 Å². The standard InChI is InChI=1S/C26H36N2O10/c1-14(2)28-15(3)19(11-16-5-7-17(8-6-16)36-18-9-10-34-12-18)24(27-28)38-25-23(31)22(30)21(29)20(37-25)13-35-26(32)33-4/h5-8,14,18,20-23,25,29-31H,9-13H2,1-4H3/t18?,20-,21-,22+,23-,25+/m1/s1. The van der Waals surface area contributed by atoms with E-state index in [-0.39, 0.29) is 18.0 Å². The summed E-state index contributed by atoms with van der Waals surface area (Å²) in [4.78, 5) is 11.4. The molecule has 2 fully saturated rings. The topological polar surface area (TPSA) is 151 Å². The van der Waals surface area contributed by atoms with Gasteiger partial charge < -0.3 is 43.7 Å². The molecule has 12 heteroatoms. The zero-order valence-corrected chi connectivity index (χ0v) is 22.0. The SMILES string of the molecule is COC(=O)OC[C@H]1O[C@@H](Oc2nn(C(C)C)c(C)c2Cc2ccc(OC3CCOC3)cc2)[C@H](O)[C@@H](O)[C@@H]1O. The molecule has 12 nitrogen and oxygen atoms in total. The Labute approximate surface area is 221 Å². The smallest absolute Gasteiger partial charge is 0.488 e. The second-order valence-electron chi connectivity index (χ2n) is 9.73. The van der Waals surface area contributed by atoms with Gasteiger partial charge >= 0.3 is 6.16 Å². The van der Waals surface area contributed by atoms with Crippen LogP contribution in [0.5, 0.6) is 11.6 Å². The highest BCUT2D eigenvalue weighted by Crippen LogP contribution is 2.31. The van der Waals surface area contributed by atoms with Crippen molar-refractivity contribution in [3.8, 4) is 11.6 Å². The lowest BCUT2D eigenvalue weighted by Crippen LogP contribution is -2.60. The molecule has 2 saturated heterocycles. The highest BCUT2D eigenvalue weighted by molar-refractivity contribution is 5.59. The molecule has 1 aromatic carbocycles.